The van der Waals surface area contributed by atoms with Crippen LogP contribution in [0.2, 0.25) is 0 Å². The molecule has 200 valence electrons. The average molecular weight is 508 g/mol. The van der Waals surface area contributed by atoms with Crippen LogP contribution in [-0.2, 0) is 4.79 Å². The highest BCUT2D eigenvalue weighted by Gasteiger charge is 2.16. The zero-order valence-corrected chi connectivity index (χ0v) is 22.4. The Balaban J connectivity index is 1.43. The Morgan fingerprint density at radius 2 is 1.84 bits per heavy atom. The van der Waals surface area contributed by atoms with Crippen molar-refractivity contribution >= 4 is 23.6 Å². The maximum Gasteiger partial charge on any atom is 0.328 e. The minimum absolute atomic E-state index is 0.0348. The van der Waals surface area contributed by atoms with E-state index in [-0.39, 0.29) is 5.91 Å². The van der Waals surface area contributed by atoms with Gasteiger partial charge in [-0.1, -0.05) is 19.1 Å². The Morgan fingerprint density at radius 3 is 2.49 bits per heavy atom. The van der Waals surface area contributed by atoms with Gasteiger partial charge in [-0.2, -0.15) is 0 Å². The van der Waals surface area contributed by atoms with Crippen molar-refractivity contribution in [2.24, 2.45) is 5.92 Å². The van der Waals surface area contributed by atoms with Gasteiger partial charge in [0.25, 0.3) is 5.91 Å². The molecule has 7 heteroatoms. The van der Waals surface area contributed by atoms with Crippen LogP contribution in [0.5, 0.6) is 5.75 Å². The van der Waals surface area contributed by atoms with E-state index < -0.39 is 5.97 Å². The first-order valence-electron chi connectivity index (χ1n) is 13.3. The summed E-state index contributed by atoms with van der Waals surface area (Å²) in [6.07, 6.45) is 6.29. The van der Waals surface area contributed by atoms with Crippen molar-refractivity contribution in [3.8, 4) is 5.75 Å². The molecule has 1 amide bonds. The Kier molecular flexibility index (Phi) is 11.0. The molecule has 3 rings (SSSR count). The van der Waals surface area contributed by atoms with Crippen LogP contribution < -0.4 is 9.64 Å². The molecule has 1 atom stereocenters. The average Bonchev–Trinajstić information content (AvgIpc) is 2.90. The van der Waals surface area contributed by atoms with Gasteiger partial charge in [-0.15, -0.1) is 0 Å². The van der Waals surface area contributed by atoms with Crippen LogP contribution in [0.4, 0.5) is 5.69 Å². The molecule has 0 radical (unpaired) electrons. The van der Waals surface area contributed by atoms with Gasteiger partial charge in [0.15, 0.2) is 0 Å². The number of ether oxygens (including phenoxy) is 1. The summed E-state index contributed by atoms with van der Waals surface area (Å²) in [5, 5.41) is 8.75. The van der Waals surface area contributed by atoms with Gasteiger partial charge in [-0.3, -0.25) is 4.79 Å². The van der Waals surface area contributed by atoms with Gasteiger partial charge >= 0.3 is 5.97 Å². The molecular weight excluding hydrogens is 466 g/mol. The van der Waals surface area contributed by atoms with Crippen molar-refractivity contribution in [2.45, 2.75) is 33.1 Å². The van der Waals surface area contributed by atoms with Gasteiger partial charge in [-0.25, -0.2) is 4.79 Å². The fourth-order valence-electron chi connectivity index (χ4n) is 4.65. The predicted molar refractivity (Wildman–Crippen MR) is 149 cm³/mol. The second-order valence-corrected chi connectivity index (χ2v) is 9.84. The molecule has 1 saturated heterocycles. The fourth-order valence-corrected chi connectivity index (χ4v) is 4.65. The fraction of sp³-hybridized carbons (Fsp3) is 0.467. The number of hydrogen-bond acceptors (Lipinski definition) is 5. The van der Waals surface area contributed by atoms with E-state index >= 15 is 0 Å². The maximum absolute atomic E-state index is 13.0. The molecule has 37 heavy (non-hydrogen) atoms. The molecule has 0 aliphatic carbocycles. The van der Waals surface area contributed by atoms with Crippen LogP contribution >= 0.6 is 0 Å². The van der Waals surface area contributed by atoms with Crippen molar-refractivity contribution in [3.63, 3.8) is 0 Å². The van der Waals surface area contributed by atoms with Gasteiger partial charge in [0.2, 0.25) is 0 Å². The quantitative estimate of drug-likeness (QED) is 0.308. The summed E-state index contributed by atoms with van der Waals surface area (Å²) >= 11 is 0. The van der Waals surface area contributed by atoms with Crippen molar-refractivity contribution in [2.75, 3.05) is 57.8 Å². The van der Waals surface area contributed by atoms with Crippen LogP contribution in [0.15, 0.2) is 54.6 Å². The van der Waals surface area contributed by atoms with E-state index in [0.717, 1.165) is 48.6 Å². The summed E-state index contributed by atoms with van der Waals surface area (Å²) in [4.78, 5) is 30.1. The van der Waals surface area contributed by atoms with Gasteiger partial charge in [-0.05, 0) is 86.7 Å². The summed E-state index contributed by atoms with van der Waals surface area (Å²) < 4.78 is 5.96. The molecule has 1 fully saturated rings. The normalized spacial score (nSPS) is 16.0. The van der Waals surface area contributed by atoms with Crippen LogP contribution in [-0.4, -0.2) is 79.7 Å². The Labute approximate surface area is 221 Å². The number of benzene rings is 2. The first-order valence-corrected chi connectivity index (χ1v) is 13.3. The predicted octanol–water partition coefficient (Wildman–Crippen LogP) is 4.88. The number of carbonyl (C=O) groups is 2. The molecule has 0 aromatic heterocycles. The minimum atomic E-state index is -0.999. The first-order chi connectivity index (χ1) is 17.9. The van der Waals surface area contributed by atoms with E-state index in [0.29, 0.717) is 25.2 Å². The molecular formula is C30H41N3O4. The molecule has 0 bridgehead atoms. The second kappa shape index (κ2) is 14.4. The third kappa shape index (κ3) is 9.25. The van der Waals surface area contributed by atoms with Crippen molar-refractivity contribution in [1.82, 2.24) is 9.80 Å². The number of anilines is 1. The number of hydrogen-bond donors (Lipinski definition) is 1. The number of rotatable bonds is 13. The van der Waals surface area contributed by atoms with Gasteiger partial charge in [0.05, 0.1) is 6.61 Å². The van der Waals surface area contributed by atoms with E-state index in [1.165, 1.54) is 32.0 Å². The summed E-state index contributed by atoms with van der Waals surface area (Å²) in [5.74, 6) is 0.660. The molecule has 0 saturated carbocycles. The van der Waals surface area contributed by atoms with Gasteiger partial charge in [0.1, 0.15) is 5.75 Å². The smallest absolute Gasteiger partial charge is 0.328 e. The van der Waals surface area contributed by atoms with Crippen LogP contribution in [0.3, 0.4) is 0 Å². The lowest BCUT2D eigenvalue weighted by Crippen LogP contribution is -2.37. The highest BCUT2D eigenvalue weighted by atomic mass is 16.5. The molecule has 0 spiro atoms. The standard InChI is InChI=1S/C30H41N3O4/c1-4-33(30(36)26-11-8-25(9-12-26)10-17-29(34)35)21-20-31(3)27-13-15-28(16-14-27)37-22-6-19-32-18-5-7-24(2)23-32/h8-17,24H,4-7,18-23H2,1-3H3,(H,34,35)/b17-10+. The lowest BCUT2D eigenvalue weighted by atomic mass is 10.0. The van der Waals surface area contributed by atoms with Crippen LogP contribution in [0.25, 0.3) is 6.08 Å². The molecule has 1 aliphatic heterocycles. The monoisotopic (exact) mass is 507 g/mol. The zero-order chi connectivity index (χ0) is 26.6. The minimum Gasteiger partial charge on any atom is -0.494 e. The van der Waals surface area contributed by atoms with E-state index in [9.17, 15) is 9.59 Å². The topological polar surface area (TPSA) is 73.3 Å². The Bertz CT molecular complexity index is 1020. The Hall–Kier alpha value is -3.32. The van der Waals surface area contributed by atoms with E-state index in [4.69, 9.17) is 9.84 Å². The molecule has 1 aliphatic rings. The number of likely N-dealkylation sites (tertiary alicyclic amines) is 1. The number of carboxylic acids is 1. The molecule has 1 N–H and O–H groups in total. The summed E-state index contributed by atoms with van der Waals surface area (Å²) in [7, 11) is 2.03. The molecule has 1 unspecified atom stereocenters. The molecule has 1 heterocycles. The lowest BCUT2D eigenvalue weighted by Gasteiger charge is -2.30. The van der Waals surface area contributed by atoms with Gasteiger partial charge in [0, 0.05) is 57.1 Å². The van der Waals surface area contributed by atoms with Crippen LogP contribution in [0, 0.1) is 5.92 Å². The zero-order valence-electron chi connectivity index (χ0n) is 22.4. The first kappa shape index (κ1) is 28.3. The number of carbonyl (C=O) groups excluding carboxylic acids is 1. The molecule has 2 aromatic carbocycles. The number of carboxylic acid groups (broad SMARTS) is 1. The number of aliphatic carboxylic acids is 1. The number of piperidine rings is 1. The van der Waals surface area contributed by atoms with Crippen molar-refractivity contribution in [1.29, 1.82) is 0 Å². The largest absolute Gasteiger partial charge is 0.494 e. The van der Waals surface area contributed by atoms with E-state index in [1.54, 1.807) is 24.3 Å². The number of amides is 1. The highest BCUT2D eigenvalue weighted by Crippen LogP contribution is 2.20. The molecule has 7 nitrogen and oxygen atoms in total. The van der Waals surface area contributed by atoms with E-state index in [2.05, 4.69) is 28.9 Å². The summed E-state index contributed by atoms with van der Waals surface area (Å²) in [6.45, 7) is 10.5. The van der Waals surface area contributed by atoms with Gasteiger partial charge < -0.3 is 24.5 Å². The van der Waals surface area contributed by atoms with Crippen molar-refractivity contribution < 1.29 is 19.4 Å². The summed E-state index contributed by atoms with van der Waals surface area (Å²) in [6, 6.07) is 15.1. The van der Waals surface area contributed by atoms with Crippen molar-refractivity contribution in [3.05, 3.63) is 65.7 Å². The SMILES string of the molecule is CCN(CCN(C)c1ccc(OCCCN2CCCC(C)C2)cc1)C(=O)c1ccc(/C=C/C(=O)O)cc1. The highest BCUT2D eigenvalue weighted by molar-refractivity contribution is 5.94. The maximum atomic E-state index is 13.0. The number of likely N-dealkylation sites (N-methyl/N-ethyl adjacent to an activating group) is 2. The summed E-state index contributed by atoms with van der Waals surface area (Å²) in [5.41, 5.74) is 2.41. The Morgan fingerprint density at radius 1 is 1.11 bits per heavy atom. The second-order valence-electron chi connectivity index (χ2n) is 9.84. The third-order valence-electron chi connectivity index (χ3n) is 6.86. The van der Waals surface area contributed by atoms with Crippen LogP contribution in [0.1, 0.15) is 49.0 Å². The molecule has 2 aromatic rings. The number of nitrogens with zero attached hydrogens (tertiary/aromatic N) is 3. The van der Waals surface area contributed by atoms with E-state index in [1.807, 2.05) is 31.0 Å². The lowest BCUT2D eigenvalue weighted by molar-refractivity contribution is -0.131. The third-order valence-corrected chi connectivity index (χ3v) is 6.86.